The van der Waals surface area contributed by atoms with Gasteiger partial charge in [0.2, 0.25) is 0 Å². The Morgan fingerprint density at radius 2 is 1.80 bits per heavy atom. The Morgan fingerprint density at radius 1 is 1.03 bits per heavy atom. The predicted molar refractivity (Wildman–Crippen MR) is 127 cm³/mol. The van der Waals surface area contributed by atoms with E-state index in [0.29, 0.717) is 0 Å². The first kappa shape index (κ1) is 20.5. The number of aromatic nitrogens is 1. The molecule has 1 aliphatic heterocycles. The number of aryl methyl sites for hydroxylation is 1. The molecule has 2 aromatic carbocycles. The molecule has 1 aliphatic rings. The molecule has 1 aromatic heterocycles. The zero-order valence-electron chi connectivity index (χ0n) is 18.4. The average molecular weight is 401 g/mol. The molecule has 0 radical (unpaired) electrons. The Morgan fingerprint density at radius 3 is 2.50 bits per heavy atom. The molecule has 0 spiro atoms. The summed E-state index contributed by atoms with van der Waals surface area (Å²) in [6.07, 6.45) is 2.50. The maximum absolute atomic E-state index is 3.33. The van der Waals surface area contributed by atoms with E-state index in [4.69, 9.17) is 0 Å². The van der Waals surface area contributed by atoms with Gasteiger partial charge in [0.25, 0.3) is 0 Å². The highest BCUT2D eigenvalue weighted by molar-refractivity contribution is 5.86. The van der Waals surface area contributed by atoms with Gasteiger partial charge >= 0.3 is 0 Å². The van der Waals surface area contributed by atoms with E-state index in [-0.39, 0.29) is 0 Å². The van der Waals surface area contributed by atoms with Gasteiger partial charge in [-0.3, -0.25) is 4.90 Å². The van der Waals surface area contributed by atoms with Crippen molar-refractivity contribution in [2.75, 3.05) is 32.5 Å². The Bertz CT molecular complexity index is 1030. The number of benzene rings is 2. The summed E-state index contributed by atoms with van der Waals surface area (Å²) < 4.78 is 2.32. The quantitative estimate of drug-likeness (QED) is 0.500. The third-order valence-electron chi connectivity index (χ3n) is 6.20. The molecule has 0 saturated carbocycles. The molecule has 0 unspecified atom stereocenters. The molecule has 4 heteroatoms. The van der Waals surface area contributed by atoms with E-state index in [1.807, 2.05) is 30.3 Å². The minimum Gasteiger partial charge on any atom is -0.334 e. The average Bonchev–Trinajstić information content (AvgIpc) is 3.13. The molecule has 0 atom stereocenters. The monoisotopic (exact) mass is 400 g/mol. The lowest BCUT2D eigenvalue weighted by Crippen LogP contribution is -2.41. The van der Waals surface area contributed by atoms with E-state index in [1.54, 1.807) is 0 Å². The van der Waals surface area contributed by atoms with E-state index in [2.05, 4.69) is 76.9 Å². The van der Waals surface area contributed by atoms with Crippen molar-refractivity contribution in [2.45, 2.75) is 38.9 Å². The van der Waals surface area contributed by atoms with Crippen molar-refractivity contribution in [3.05, 3.63) is 65.9 Å². The van der Waals surface area contributed by atoms with Crippen molar-refractivity contribution < 1.29 is 0 Å². The number of rotatable bonds is 5. The van der Waals surface area contributed by atoms with Crippen molar-refractivity contribution in [3.8, 4) is 12.0 Å². The fourth-order valence-corrected chi connectivity index (χ4v) is 4.45. The molecule has 0 aliphatic carbocycles. The number of para-hydroxylation sites is 1. The van der Waals surface area contributed by atoms with E-state index < -0.39 is 0 Å². The first-order chi connectivity index (χ1) is 14.7. The van der Waals surface area contributed by atoms with Gasteiger partial charge in [0.05, 0.1) is 5.69 Å². The molecular formula is C26H32N4. The summed E-state index contributed by atoms with van der Waals surface area (Å²) in [5, 5.41) is 4.53. The van der Waals surface area contributed by atoms with Crippen molar-refractivity contribution in [1.82, 2.24) is 14.4 Å². The summed E-state index contributed by atoms with van der Waals surface area (Å²) in [7, 11) is 4.40. The predicted octanol–water partition coefficient (Wildman–Crippen LogP) is 4.61. The summed E-state index contributed by atoms with van der Waals surface area (Å²) in [5.41, 5.74) is 4.77. The van der Waals surface area contributed by atoms with Crippen LogP contribution in [0.4, 0.5) is 5.69 Å². The number of anilines is 1. The SMILES string of the molecule is CCn1c(C#CNc2ccccc2)cc2c(CN3CCC(N(C)C)CC3)cccc21. The van der Waals surface area contributed by atoms with E-state index >= 15 is 0 Å². The maximum Gasteiger partial charge on any atom is 0.0949 e. The van der Waals surface area contributed by atoms with Crippen LogP contribution in [0.5, 0.6) is 0 Å². The lowest BCUT2D eigenvalue weighted by molar-refractivity contribution is 0.140. The molecule has 2 heterocycles. The Balaban J connectivity index is 1.55. The summed E-state index contributed by atoms with van der Waals surface area (Å²) in [4.78, 5) is 4.97. The van der Waals surface area contributed by atoms with Crippen molar-refractivity contribution in [3.63, 3.8) is 0 Å². The van der Waals surface area contributed by atoms with Gasteiger partial charge in [-0.1, -0.05) is 30.3 Å². The molecule has 1 saturated heterocycles. The van der Waals surface area contributed by atoms with Crippen LogP contribution < -0.4 is 5.32 Å². The Kier molecular flexibility index (Phi) is 6.42. The van der Waals surface area contributed by atoms with Crippen LogP contribution in [0, 0.1) is 12.0 Å². The summed E-state index contributed by atoms with van der Waals surface area (Å²) in [6, 6.07) is 22.9. The number of fused-ring (bicyclic) bond motifs is 1. The number of nitrogens with one attached hydrogen (secondary N) is 1. The van der Waals surface area contributed by atoms with E-state index in [1.165, 1.54) is 42.4 Å². The van der Waals surface area contributed by atoms with Crippen LogP contribution in [-0.2, 0) is 13.1 Å². The Hall–Kier alpha value is -2.74. The van der Waals surface area contributed by atoms with Gasteiger partial charge in [-0.15, -0.1) is 0 Å². The van der Waals surface area contributed by atoms with Crippen LogP contribution in [0.2, 0.25) is 0 Å². The van der Waals surface area contributed by atoms with Crippen LogP contribution >= 0.6 is 0 Å². The van der Waals surface area contributed by atoms with Gasteiger partial charge in [-0.05, 0) is 82.7 Å². The number of likely N-dealkylation sites (tertiary alicyclic amines) is 1. The van der Waals surface area contributed by atoms with Crippen molar-refractivity contribution in [1.29, 1.82) is 0 Å². The van der Waals surface area contributed by atoms with E-state index in [0.717, 1.165) is 30.5 Å². The first-order valence-electron chi connectivity index (χ1n) is 11.0. The van der Waals surface area contributed by atoms with Gasteiger partial charge in [0.1, 0.15) is 0 Å². The van der Waals surface area contributed by atoms with Crippen LogP contribution in [0.15, 0.2) is 54.6 Å². The van der Waals surface area contributed by atoms with Crippen LogP contribution in [0.25, 0.3) is 10.9 Å². The highest BCUT2D eigenvalue weighted by Crippen LogP contribution is 2.26. The molecule has 4 nitrogen and oxygen atoms in total. The topological polar surface area (TPSA) is 23.4 Å². The van der Waals surface area contributed by atoms with Gasteiger partial charge in [0, 0.05) is 41.8 Å². The smallest absolute Gasteiger partial charge is 0.0949 e. The molecule has 4 rings (SSSR count). The van der Waals surface area contributed by atoms with Crippen LogP contribution in [0.1, 0.15) is 31.0 Å². The van der Waals surface area contributed by atoms with Gasteiger partial charge < -0.3 is 14.8 Å². The largest absolute Gasteiger partial charge is 0.334 e. The van der Waals surface area contributed by atoms with Gasteiger partial charge in [-0.25, -0.2) is 0 Å². The number of hydrogen-bond donors (Lipinski definition) is 1. The standard InChI is InChI=1S/C26H32N4/c1-4-30-24(13-16-27-22-10-6-5-7-11-22)19-25-21(9-8-12-26(25)30)20-29-17-14-23(15-18-29)28(2)3/h5-12,19,23,27H,4,14-15,17-18,20H2,1-3H3. The second kappa shape index (κ2) is 9.38. The zero-order valence-corrected chi connectivity index (χ0v) is 18.4. The molecule has 1 fully saturated rings. The summed E-state index contributed by atoms with van der Waals surface area (Å²) >= 11 is 0. The minimum absolute atomic E-state index is 0.720. The van der Waals surface area contributed by atoms with Crippen LogP contribution in [-0.4, -0.2) is 47.6 Å². The number of nitrogens with zero attached hydrogens (tertiary/aromatic N) is 3. The first-order valence-corrected chi connectivity index (χ1v) is 11.0. The highest BCUT2D eigenvalue weighted by atomic mass is 15.2. The molecule has 3 aromatic rings. The molecular weight excluding hydrogens is 368 g/mol. The molecule has 1 N–H and O–H groups in total. The van der Waals surface area contributed by atoms with Crippen molar-refractivity contribution >= 4 is 16.6 Å². The normalized spacial score (nSPS) is 15.3. The Labute approximate surface area is 180 Å². The maximum atomic E-state index is 3.33. The molecule has 0 amide bonds. The third kappa shape index (κ3) is 4.53. The minimum atomic E-state index is 0.720. The fourth-order valence-electron chi connectivity index (χ4n) is 4.45. The molecule has 30 heavy (non-hydrogen) atoms. The lowest BCUT2D eigenvalue weighted by atomic mass is 10.0. The van der Waals surface area contributed by atoms with E-state index in [9.17, 15) is 0 Å². The fraction of sp³-hybridized carbons (Fsp3) is 0.385. The zero-order chi connectivity index (χ0) is 20.9. The number of hydrogen-bond acceptors (Lipinski definition) is 3. The van der Waals surface area contributed by atoms with Gasteiger partial charge in [-0.2, -0.15) is 0 Å². The molecule has 0 bridgehead atoms. The summed E-state index contributed by atoms with van der Waals surface area (Å²) in [5.74, 6) is 3.33. The van der Waals surface area contributed by atoms with Gasteiger partial charge in [0.15, 0.2) is 0 Å². The van der Waals surface area contributed by atoms with Crippen molar-refractivity contribution in [2.24, 2.45) is 0 Å². The van der Waals surface area contributed by atoms with Crippen LogP contribution in [0.3, 0.4) is 0 Å². The molecule has 156 valence electrons. The highest BCUT2D eigenvalue weighted by Gasteiger charge is 2.21. The second-order valence-electron chi connectivity index (χ2n) is 8.34. The lowest BCUT2D eigenvalue weighted by Gasteiger charge is -2.35. The summed E-state index contributed by atoms with van der Waals surface area (Å²) in [6.45, 7) is 6.45. The second-order valence-corrected chi connectivity index (χ2v) is 8.34. The third-order valence-corrected chi connectivity index (χ3v) is 6.20. The number of piperidine rings is 1.